The van der Waals surface area contributed by atoms with E-state index in [0.717, 1.165) is 135 Å². The average Bonchev–Trinajstić information content (AvgIpc) is 1.53. The van der Waals surface area contributed by atoms with Crippen molar-refractivity contribution in [2.45, 2.75) is 0 Å². The van der Waals surface area contributed by atoms with Crippen LogP contribution in [0.25, 0.3) is 135 Å². The number of hydrogen-bond donors (Lipinski definition) is 0. The van der Waals surface area contributed by atoms with Gasteiger partial charge in [-0.25, -0.2) is 39.9 Å². The average molecular weight is 1230 g/mol. The second-order valence-corrected chi connectivity index (χ2v) is 24.1. The SMILES string of the molecule is c1ccc(-c2nc(-c3ccccc3)nc(-c3ccc4c(c3)N3B(N4c4cccc(-n5c6ccccc6n6c7ccccc7nc56)c4)N(c4cccc(-n5c6ccccc6n6c7ccccc7nc56)c4)c4ccc(-c5nc(-c6ccccc6)nc(-c6ccccc6)n5)cc43)n2)cc1. The van der Waals surface area contributed by atoms with E-state index in [0.29, 0.717) is 34.9 Å². The zero-order valence-electron chi connectivity index (χ0n) is 51.2. The Hall–Kier alpha value is -13.3. The van der Waals surface area contributed by atoms with E-state index in [4.69, 9.17) is 39.9 Å². The number of rotatable bonds is 10. The lowest BCUT2D eigenvalue weighted by atomic mass is 9.86. The highest BCUT2D eigenvalue weighted by Gasteiger charge is 2.54. The first kappa shape index (κ1) is 53.3. The van der Waals surface area contributed by atoms with Gasteiger partial charge < -0.3 is 14.4 Å². The van der Waals surface area contributed by atoms with Gasteiger partial charge in [-0.15, -0.1) is 0 Å². The Bertz CT molecular complexity index is 5660. The van der Waals surface area contributed by atoms with Crippen molar-refractivity contribution in [2.75, 3.05) is 14.4 Å². The van der Waals surface area contributed by atoms with Gasteiger partial charge in [0.15, 0.2) is 34.9 Å². The molecule has 0 N–H and O–H groups in total. The van der Waals surface area contributed by atoms with Crippen molar-refractivity contribution in [3.05, 3.63) is 303 Å². The lowest BCUT2D eigenvalue weighted by Crippen LogP contribution is -2.51. The largest absolute Gasteiger partial charge is 0.519 e. The maximum Gasteiger partial charge on any atom is 0.519 e. The normalized spacial score (nSPS) is 12.7. The predicted molar refractivity (Wildman–Crippen MR) is 384 cm³/mol. The van der Waals surface area contributed by atoms with E-state index in [1.165, 1.54) is 0 Å². The number of fused-ring (bicyclic) bond motifs is 15. The molecule has 20 rings (SSSR count). The summed E-state index contributed by atoms with van der Waals surface area (Å²) in [6.07, 6.45) is 0. The summed E-state index contributed by atoms with van der Waals surface area (Å²) in [7, 11) is -0.548. The molecule has 448 valence electrons. The van der Waals surface area contributed by atoms with Crippen molar-refractivity contribution >= 4 is 96.9 Å². The molecule has 0 bridgehead atoms. The molecule has 96 heavy (non-hydrogen) atoms. The third kappa shape index (κ3) is 8.28. The fourth-order valence-electron chi connectivity index (χ4n) is 14.3. The van der Waals surface area contributed by atoms with E-state index in [1.807, 2.05) is 133 Å². The van der Waals surface area contributed by atoms with Crippen LogP contribution in [0.15, 0.2) is 303 Å². The third-order valence-electron chi connectivity index (χ3n) is 18.5. The number of para-hydroxylation sites is 8. The van der Waals surface area contributed by atoms with Gasteiger partial charge in [0.05, 0.1) is 78.3 Å². The second kappa shape index (κ2) is 21.1. The molecule has 8 heterocycles. The molecule has 0 aliphatic carbocycles. The molecular weight excluding hydrogens is 1180 g/mol. The summed E-state index contributed by atoms with van der Waals surface area (Å²) < 4.78 is 9.11. The van der Waals surface area contributed by atoms with Crippen LogP contribution in [0.3, 0.4) is 0 Å². The van der Waals surface area contributed by atoms with E-state index in [9.17, 15) is 0 Å². The fraction of sp³-hybridized carbons (Fsp3) is 0. The summed E-state index contributed by atoms with van der Waals surface area (Å²) in [6.45, 7) is 0. The van der Waals surface area contributed by atoms with Gasteiger partial charge in [-0.2, -0.15) is 0 Å². The minimum absolute atomic E-state index is 0.541. The molecule has 0 amide bonds. The van der Waals surface area contributed by atoms with E-state index in [1.54, 1.807) is 0 Å². The summed E-state index contributed by atoms with van der Waals surface area (Å²) in [5.74, 6) is 5.04. The summed E-state index contributed by atoms with van der Waals surface area (Å²) in [5, 5.41) is 0. The van der Waals surface area contributed by atoms with E-state index in [2.05, 4.69) is 202 Å². The molecule has 15 nitrogen and oxygen atoms in total. The molecule has 0 saturated carbocycles. The van der Waals surface area contributed by atoms with Gasteiger partial charge in [0, 0.05) is 44.8 Å². The van der Waals surface area contributed by atoms with Gasteiger partial charge in [-0.05, 0) is 121 Å². The minimum atomic E-state index is -0.548. The smallest absolute Gasteiger partial charge is 0.343 e. The molecule has 2 aliphatic rings. The van der Waals surface area contributed by atoms with Gasteiger partial charge in [0.25, 0.3) is 0 Å². The van der Waals surface area contributed by atoms with Crippen LogP contribution in [0, 0.1) is 0 Å². The molecule has 18 aromatic rings. The molecule has 6 aromatic heterocycles. The number of imidazole rings is 4. The molecule has 0 unspecified atom stereocenters. The van der Waals surface area contributed by atoms with Crippen molar-refractivity contribution in [3.8, 4) is 79.7 Å². The summed E-state index contributed by atoms with van der Waals surface area (Å²) in [4.78, 5) is 49.5. The van der Waals surface area contributed by atoms with Crippen molar-refractivity contribution in [1.82, 2.24) is 57.8 Å². The Morgan fingerprint density at radius 1 is 0.208 bits per heavy atom. The number of benzene rings is 12. The molecular formula is C80H50BN15. The van der Waals surface area contributed by atoms with Crippen LogP contribution in [-0.4, -0.2) is 64.9 Å². The number of anilines is 6. The van der Waals surface area contributed by atoms with Crippen LogP contribution < -0.4 is 14.4 Å². The van der Waals surface area contributed by atoms with E-state index >= 15 is 0 Å². The van der Waals surface area contributed by atoms with Crippen molar-refractivity contribution in [1.29, 1.82) is 0 Å². The van der Waals surface area contributed by atoms with Crippen LogP contribution in [0.1, 0.15) is 0 Å². The molecule has 0 saturated heterocycles. The Morgan fingerprint density at radius 2 is 0.521 bits per heavy atom. The van der Waals surface area contributed by atoms with Gasteiger partial charge in [-0.1, -0.05) is 182 Å². The van der Waals surface area contributed by atoms with Crippen molar-refractivity contribution in [3.63, 3.8) is 0 Å². The minimum Gasteiger partial charge on any atom is -0.343 e. The van der Waals surface area contributed by atoms with Crippen LogP contribution in [0.4, 0.5) is 34.1 Å². The first-order valence-corrected chi connectivity index (χ1v) is 31.9. The number of nitrogens with zero attached hydrogens (tertiary/aromatic N) is 15. The van der Waals surface area contributed by atoms with Gasteiger partial charge in [0.2, 0.25) is 11.6 Å². The number of aromatic nitrogens is 12. The first-order valence-electron chi connectivity index (χ1n) is 31.9. The second-order valence-electron chi connectivity index (χ2n) is 24.1. The zero-order chi connectivity index (χ0) is 63.0. The van der Waals surface area contributed by atoms with Crippen LogP contribution in [0.5, 0.6) is 0 Å². The van der Waals surface area contributed by atoms with Crippen LogP contribution in [-0.2, 0) is 0 Å². The van der Waals surface area contributed by atoms with Crippen LogP contribution >= 0.6 is 0 Å². The monoisotopic (exact) mass is 1230 g/mol. The third-order valence-corrected chi connectivity index (χ3v) is 18.5. The molecule has 0 radical (unpaired) electrons. The highest BCUT2D eigenvalue weighted by molar-refractivity contribution is 6.80. The standard InChI is InChI=1S/C80H50BN15/c1-5-23-51(24-6-1)73-84-74(52-25-7-2-8-26-52)87-77(86-73)55-43-45-69-71(47-55)96-72-48-56(78-88-75(53-27-9-3-10-28-53)85-76(89-78)54-29-11-4-12-30-54)44-46-70(72)95(60-34-22-32-58(50-60)91-66-40-18-20-42-68(66)93-64-38-16-14-36-62(64)83-80(91)93)81(96)94(69)59-33-21-31-57(49-59)90-65-39-17-19-41-67(65)92-63-37-15-13-35-61(63)82-79(90)92/h1-50H. The van der Waals surface area contributed by atoms with Crippen LogP contribution in [0.2, 0.25) is 0 Å². The van der Waals surface area contributed by atoms with Gasteiger partial charge in [-0.3, -0.25) is 17.9 Å². The van der Waals surface area contributed by atoms with Crippen molar-refractivity contribution in [2.24, 2.45) is 0 Å². The summed E-state index contributed by atoms with van der Waals surface area (Å²) in [6, 6.07) is 105. The topological polar surface area (TPSA) is 132 Å². The Balaban J connectivity index is 0.838. The summed E-state index contributed by atoms with van der Waals surface area (Å²) in [5.41, 5.74) is 21.0. The Kier molecular flexibility index (Phi) is 11.7. The maximum absolute atomic E-state index is 5.33. The fourth-order valence-corrected chi connectivity index (χ4v) is 14.3. The molecule has 0 fully saturated rings. The quantitative estimate of drug-likeness (QED) is 0.121. The summed E-state index contributed by atoms with van der Waals surface area (Å²) >= 11 is 0. The highest BCUT2D eigenvalue weighted by Crippen LogP contribution is 2.58. The van der Waals surface area contributed by atoms with Gasteiger partial charge >= 0.3 is 7.12 Å². The zero-order valence-corrected chi connectivity index (χ0v) is 51.2. The Morgan fingerprint density at radius 3 is 0.896 bits per heavy atom. The highest BCUT2D eigenvalue weighted by atomic mass is 15.4. The van der Waals surface area contributed by atoms with E-state index < -0.39 is 7.12 Å². The van der Waals surface area contributed by atoms with Crippen molar-refractivity contribution < 1.29 is 0 Å². The maximum atomic E-state index is 5.33. The molecule has 2 aliphatic heterocycles. The molecule has 12 aromatic carbocycles. The molecule has 0 atom stereocenters. The predicted octanol–water partition coefficient (Wildman–Crippen LogP) is 18.0. The lowest BCUT2D eigenvalue weighted by Gasteiger charge is -2.32. The first-order chi connectivity index (χ1) is 47.6. The van der Waals surface area contributed by atoms with E-state index in [-0.39, 0.29) is 0 Å². The molecule has 16 heteroatoms. The molecule has 0 spiro atoms. The lowest BCUT2D eigenvalue weighted by molar-refractivity contribution is 1.07. The Labute approximate surface area is 549 Å². The number of hydrogen-bond acceptors (Lipinski definition) is 11. The van der Waals surface area contributed by atoms with Gasteiger partial charge in [0.1, 0.15) is 0 Å².